The molecule has 108 valence electrons. The Morgan fingerprint density at radius 3 is 2.53 bits per heavy atom. The van der Waals surface area contributed by atoms with E-state index >= 15 is 0 Å². The third-order valence-corrected chi connectivity index (χ3v) is 3.50. The van der Waals surface area contributed by atoms with Gasteiger partial charge in [0, 0.05) is 13.1 Å². The highest BCUT2D eigenvalue weighted by molar-refractivity contribution is 6.40. The second-order valence-electron chi connectivity index (χ2n) is 5.15. The first kappa shape index (κ1) is 15.9. The number of amides is 1. The number of carbonyl (C=O) groups is 2. The van der Waals surface area contributed by atoms with Gasteiger partial charge in [0.15, 0.2) is 0 Å². The van der Waals surface area contributed by atoms with E-state index in [0.717, 1.165) is 0 Å². The van der Waals surface area contributed by atoms with Gasteiger partial charge in [-0.3, -0.25) is 9.59 Å². The van der Waals surface area contributed by atoms with E-state index in [1.807, 2.05) is 0 Å². The van der Waals surface area contributed by atoms with Crippen molar-refractivity contribution in [1.82, 2.24) is 4.90 Å². The molecule has 1 fully saturated rings. The summed E-state index contributed by atoms with van der Waals surface area (Å²) in [5.74, 6) is -1.91. The predicted molar refractivity (Wildman–Crippen MR) is 69.1 cm³/mol. The van der Waals surface area contributed by atoms with Crippen molar-refractivity contribution in [3.8, 4) is 0 Å². The Hall–Kier alpha value is -1.12. The molecule has 2 unspecified atom stereocenters. The van der Waals surface area contributed by atoms with Crippen LogP contribution in [-0.2, 0) is 9.59 Å². The number of hydrogen-bond acceptors (Lipinski definition) is 5. The van der Waals surface area contributed by atoms with Gasteiger partial charge in [-0.15, -0.1) is 0 Å². The fraction of sp³-hybridized carbons (Fsp3) is 0.818. The van der Waals surface area contributed by atoms with E-state index < -0.39 is 25.0 Å². The summed E-state index contributed by atoms with van der Waals surface area (Å²) < 4.78 is 0. The molecule has 0 aromatic rings. The second-order valence-corrected chi connectivity index (χ2v) is 5.15. The van der Waals surface area contributed by atoms with Gasteiger partial charge in [0.2, 0.25) is 5.91 Å². The van der Waals surface area contributed by atoms with Gasteiger partial charge in [-0.1, -0.05) is 6.42 Å². The molecule has 0 aliphatic carbocycles. The van der Waals surface area contributed by atoms with Gasteiger partial charge in [-0.2, -0.15) is 0 Å². The molecule has 1 aliphatic heterocycles. The highest BCUT2D eigenvalue weighted by Crippen LogP contribution is 2.28. The molecule has 1 rings (SSSR count). The Kier molecular flexibility index (Phi) is 5.77. The van der Waals surface area contributed by atoms with E-state index in [9.17, 15) is 9.59 Å². The summed E-state index contributed by atoms with van der Waals surface area (Å²) in [7, 11) is -1.37. The monoisotopic (exact) mass is 272 g/mol. The van der Waals surface area contributed by atoms with Gasteiger partial charge in [-0.25, -0.2) is 0 Å². The molecular weight excluding hydrogens is 251 g/mol. The quantitative estimate of drug-likeness (QED) is 0.448. The normalized spacial score (nSPS) is 24.3. The SMILES string of the molecule is CC(N)C(=O)N1CC(C(=O)O)[C@@H](CCCB(O)O)C1. The van der Waals surface area contributed by atoms with Crippen molar-refractivity contribution in [3.05, 3.63) is 0 Å². The molecule has 19 heavy (non-hydrogen) atoms. The lowest BCUT2D eigenvalue weighted by Gasteiger charge is -2.18. The Morgan fingerprint density at radius 1 is 1.42 bits per heavy atom. The average molecular weight is 272 g/mol. The lowest BCUT2D eigenvalue weighted by molar-refractivity contribution is -0.142. The van der Waals surface area contributed by atoms with Crippen molar-refractivity contribution in [2.75, 3.05) is 13.1 Å². The number of nitrogens with two attached hydrogens (primary N) is 1. The maximum absolute atomic E-state index is 11.8. The Balaban J connectivity index is 2.58. The van der Waals surface area contributed by atoms with Crippen LogP contribution in [0.1, 0.15) is 19.8 Å². The van der Waals surface area contributed by atoms with Crippen LogP contribution in [0.3, 0.4) is 0 Å². The molecule has 0 aromatic heterocycles. The van der Waals surface area contributed by atoms with E-state index in [-0.39, 0.29) is 24.7 Å². The van der Waals surface area contributed by atoms with Gasteiger partial charge in [0.25, 0.3) is 0 Å². The summed E-state index contributed by atoms with van der Waals surface area (Å²) in [6.07, 6.45) is 1.29. The number of aliphatic carboxylic acids is 1. The molecule has 7 nitrogen and oxygen atoms in total. The number of hydrogen-bond donors (Lipinski definition) is 4. The van der Waals surface area contributed by atoms with Crippen LogP contribution in [0.15, 0.2) is 0 Å². The maximum Gasteiger partial charge on any atom is 0.451 e. The molecule has 1 aliphatic rings. The standard InChI is InChI=1S/C11H21BN2O5/c1-7(13)10(15)14-5-8(3-2-4-12(18)19)9(6-14)11(16)17/h7-9,18-19H,2-6,13H2,1H3,(H,16,17)/t7?,8-,9?/m0/s1. The van der Waals surface area contributed by atoms with Crippen LogP contribution < -0.4 is 5.73 Å². The molecule has 1 saturated heterocycles. The van der Waals surface area contributed by atoms with Crippen molar-refractivity contribution >= 4 is 19.0 Å². The van der Waals surface area contributed by atoms with Crippen molar-refractivity contribution in [2.24, 2.45) is 17.6 Å². The topological polar surface area (TPSA) is 124 Å². The van der Waals surface area contributed by atoms with Crippen LogP contribution in [0.4, 0.5) is 0 Å². The first-order valence-corrected chi connectivity index (χ1v) is 6.46. The van der Waals surface area contributed by atoms with E-state index in [1.165, 1.54) is 4.90 Å². The van der Waals surface area contributed by atoms with Crippen LogP contribution in [0, 0.1) is 11.8 Å². The molecule has 8 heteroatoms. The Morgan fingerprint density at radius 2 is 2.05 bits per heavy atom. The third kappa shape index (κ3) is 4.48. The molecular formula is C11H21BN2O5. The Bertz CT molecular complexity index is 337. The molecule has 0 saturated carbocycles. The van der Waals surface area contributed by atoms with Gasteiger partial charge < -0.3 is 25.8 Å². The van der Waals surface area contributed by atoms with Crippen molar-refractivity contribution < 1.29 is 24.7 Å². The van der Waals surface area contributed by atoms with Crippen LogP contribution >= 0.6 is 0 Å². The van der Waals surface area contributed by atoms with Crippen LogP contribution in [0.2, 0.25) is 6.32 Å². The number of rotatable bonds is 6. The highest BCUT2D eigenvalue weighted by Gasteiger charge is 2.39. The first-order chi connectivity index (χ1) is 8.82. The minimum Gasteiger partial charge on any atom is -0.481 e. The molecule has 3 atom stereocenters. The average Bonchev–Trinajstić information content (AvgIpc) is 2.71. The van der Waals surface area contributed by atoms with Crippen LogP contribution in [0.25, 0.3) is 0 Å². The molecule has 0 bridgehead atoms. The van der Waals surface area contributed by atoms with Crippen LogP contribution in [0.5, 0.6) is 0 Å². The van der Waals surface area contributed by atoms with E-state index in [4.69, 9.17) is 20.9 Å². The molecule has 0 radical (unpaired) electrons. The second kappa shape index (κ2) is 6.88. The lowest BCUT2D eigenvalue weighted by Crippen LogP contribution is -2.41. The van der Waals surface area contributed by atoms with Crippen molar-refractivity contribution in [3.63, 3.8) is 0 Å². The van der Waals surface area contributed by atoms with Gasteiger partial charge in [0.05, 0.1) is 12.0 Å². The fourth-order valence-electron chi connectivity index (χ4n) is 2.47. The van der Waals surface area contributed by atoms with Crippen molar-refractivity contribution in [1.29, 1.82) is 0 Å². The smallest absolute Gasteiger partial charge is 0.451 e. The third-order valence-electron chi connectivity index (χ3n) is 3.50. The molecule has 0 spiro atoms. The fourth-order valence-corrected chi connectivity index (χ4v) is 2.47. The molecule has 1 amide bonds. The zero-order valence-electron chi connectivity index (χ0n) is 11.0. The first-order valence-electron chi connectivity index (χ1n) is 6.46. The summed E-state index contributed by atoms with van der Waals surface area (Å²) in [6.45, 7) is 2.13. The van der Waals surface area contributed by atoms with E-state index in [2.05, 4.69) is 0 Å². The zero-order valence-corrected chi connectivity index (χ0v) is 11.0. The minimum absolute atomic E-state index is 0.154. The predicted octanol–water partition coefficient (Wildman–Crippen LogP) is -1.25. The maximum atomic E-state index is 11.8. The summed E-state index contributed by atoms with van der Waals surface area (Å²) in [6, 6.07) is -0.632. The Labute approximate surface area is 112 Å². The highest BCUT2D eigenvalue weighted by atomic mass is 16.4. The summed E-state index contributed by atoms with van der Waals surface area (Å²) in [5.41, 5.74) is 5.52. The minimum atomic E-state index is -1.37. The number of carboxylic acid groups (broad SMARTS) is 1. The number of carboxylic acids is 1. The molecule has 5 N–H and O–H groups in total. The van der Waals surface area contributed by atoms with E-state index in [1.54, 1.807) is 6.92 Å². The molecule has 1 heterocycles. The van der Waals surface area contributed by atoms with Crippen molar-refractivity contribution in [2.45, 2.75) is 32.1 Å². The largest absolute Gasteiger partial charge is 0.481 e. The lowest BCUT2D eigenvalue weighted by atomic mass is 9.80. The number of likely N-dealkylation sites (tertiary alicyclic amines) is 1. The summed E-state index contributed by atoms with van der Waals surface area (Å²) >= 11 is 0. The summed E-state index contributed by atoms with van der Waals surface area (Å²) in [4.78, 5) is 24.4. The number of nitrogens with zero attached hydrogens (tertiary/aromatic N) is 1. The van der Waals surface area contributed by atoms with Gasteiger partial charge in [0.1, 0.15) is 0 Å². The van der Waals surface area contributed by atoms with Gasteiger partial charge in [-0.05, 0) is 25.6 Å². The van der Waals surface area contributed by atoms with E-state index in [0.29, 0.717) is 19.4 Å². The van der Waals surface area contributed by atoms with Crippen LogP contribution in [-0.4, -0.2) is 58.2 Å². The van der Waals surface area contributed by atoms with Gasteiger partial charge >= 0.3 is 13.1 Å². The molecule has 0 aromatic carbocycles. The zero-order chi connectivity index (χ0) is 14.6. The number of carbonyl (C=O) groups excluding carboxylic acids is 1. The summed E-state index contributed by atoms with van der Waals surface area (Å²) in [5, 5.41) is 26.7.